The quantitative estimate of drug-likeness (QED) is 0.587. The molecule has 104 valence electrons. The molecular formula is C11H6ClF6N. The molecular weight excluding hydrogens is 296 g/mol. The van der Waals surface area contributed by atoms with Crippen LogP contribution in [0.3, 0.4) is 0 Å². The third-order valence-corrected chi connectivity index (χ3v) is 2.45. The summed E-state index contributed by atoms with van der Waals surface area (Å²) in [5.74, 6) is 0. The maximum absolute atomic E-state index is 12.5. The van der Waals surface area contributed by atoms with Gasteiger partial charge in [-0.15, -0.1) is 11.6 Å². The van der Waals surface area contributed by atoms with Gasteiger partial charge in [0.05, 0.1) is 17.2 Å². The number of benzene rings is 1. The average molecular weight is 302 g/mol. The zero-order valence-electron chi connectivity index (χ0n) is 9.11. The molecule has 1 rings (SSSR count). The van der Waals surface area contributed by atoms with E-state index in [4.69, 9.17) is 16.9 Å². The van der Waals surface area contributed by atoms with Crippen molar-refractivity contribution in [3.05, 3.63) is 34.9 Å². The van der Waals surface area contributed by atoms with Gasteiger partial charge in [0.1, 0.15) is 5.38 Å². The molecule has 1 aromatic rings. The lowest BCUT2D eigenvalue weighted by molar-refractivity contribution is -0.143. The average Bonchev–Trinajstić information content (AvgIpc) is 2.26. The van der Waals surface area contributed by atoms with Gasteiger partial charge in [0.25, 0.3) is 0 Å². The molecule has 1 atom stereocenters. The molecule has 0 aromatic heterocycles. The highest BCUT2D eigenvalue weighted by atomic mass is 35.5. The van der Waals surface area contributed by atoms with Gasteiger partial charge in [0.15, 0.2) is 0 Å². The SMILES string of the molecule is N#C[C@@H](Cl)Cc1cc(C(F)(F)F)cc(C(F)(F)F)c1. The maximum atomic E-state index is 12.5. The summed E-state index contributed by atoms with van der Waals surface area (Å²) < 4.78 is 74.9. The van der Waals surface area contributed by atoms with Crippen molar-refractivity contribution in [2.24, 2.45) is 0 Å². The number of halogens is 7. The summed E-state index contributed by atoms with van der Waals surface area (Å²) in [6, 6.07) is 2.67. The predicted molar refractivity (Wildman–Crippen MR) is 55.4 cm³/mol. The van der Waals surface area contributed by atoms with Crippen molar-refractivity contribution in [1.82, 2.24) is 0 Å². The molecule has 0 fully saturated rings. The molecule has 0 bridgehead atoms. The van der Waals surface area contributed by atoms with E-state index in [9.17, 15) is 26.3 Å². The Morgan fingerprint density at radius 2 is 1.42 bits per heavy atom. The summed E-state index contributed by atoms with van der Waals surface area (Å²) in [6.45, 7) is 0. The normalized spacial score (nSPS) is 14.0. The van der Waals surface area contributed by atoms with Crippen LogP contribution in [0.25, 0.3) is 0 Å². The Morgan fingerprint density at radius 3 is 1.74 bits per heavy atom. The minimum atomic E-state index is -4.90. The molecule has 1 aromatic carbocycles. The first kappa shape index (κ1) is 15.6. The smallest absolute Gasteiger partial charge is 0.197 e. The molecule has 0 radical (unpaired) electrons. The third-order valence-electron chi connectivity index (χ3n) is 2.20. The molecule has 0 heterocycles. The lowest BCUT2D eigenvalue weighted by Crippen LogP contribution is -2.13. The Hall–Kier alpha value is -1.42. The molecule has 0 aliphatic heterocycles. The van der Waals surface area contributed by atoms with Crippen LogP contribution in [0.4, 0.5) is 26.3 Å². The van der Waals surface area contributed by atoms with Crippen molar-refractivity contribution in [1.29, 1.82) is 5.26 Å². The monoisotopic (exact) mass is 301 g/mol. The molecule has 0 amide bonds. The van der Waals surface area contributed by atoms with E-state index in [1.807, 2.05) is 0 Å². The standard InChI is InChI=1S/C11H6ClF6N/c12-9(5-19)3-6-1-7(10(13,14)15)4-8(2-6)11(16,17)18/h1-2,4,9H,3H2/t9-/m0/s1. The molecule has 8 heteroatoms. The van der Waals surface area contributed by atoms with Crippen molar-refractivity contribution in [3.8, 4) is 6.07 Å². The molecule has 0 spiro atoms. The molecule has 0 N–H and O–H groups in total. The van der Waals surface area contributed by atoms with Gasteiger partial charge in [-0.2, -0.15) is 31.6 Å². The number of alkyl halides is 7. The first-order valence-electron chi connectivity index (χ1n) is 4.86. The summed E-state index contributed by atoms with van der Waals surface area (Å²) in [4.78, 5) is 0. The molecule has 1 nitrogen and oxygen atoms in total. The van der Waals surface area contributed by atoms with Crippen LogP contribution < -0.4 is 0 Å². The minimum absolute atomic E-state index is 0.0269. The second kappa shape index (κ2) is 5.29. The van der Waals surface area contributed by atoms with Crippen molar-refractivity contribution in [2.45, 2.75) is 24.2 Å². The first-order valence-corrected chi connectivity index (χ1v) is 5.29. The van der Waals surface area contributed by atoms with Crippen LogP contribution in [0.2, 0.25) is 0 Å². The number of hydrogen-bond donors (Lipinski definition) is 0. The highest BCUT2D eigenvalue weighted by Gasteiger charge is 2.36. The maximum Gasteiger partial charge on any atom is 0.416 e. The van der Waals surface area contributed by atoms with E-state index < -0.39 is 35.3 Å². The van der Waals surface area contributed by atoms with Gasteiger partial charge < -0.3 is 0 Å². The summed E-state index contributed by atoms with van der Waals surface area (Å²) in [5.41, 5.74) is -3.12. The Balaban J connectivity index is 3.30. The van der Waals surface area contributed by atoms with E-state index in [1.54, 1.807) is 0 Å². The first-order chi connectivity index (χ1) is 8.54. The van der Waals surface area contributed by atoms with Crippen molar-refractivity contribution in [3.63, 3.8) is 0 Å². The van der Waals surface area contributed by atoms with Crippen molar-refractivity contribution >= 4 is 11.6 Å². The number of nitriles is 1. The lowest BCUT2D eigenvalue weighted by atomic mass is 10.0. The Bertz CT molecular complexity index is 467. The molecule has 19 heavy (non-hydrogen) atoms. The van der Waals surface area contributed by atoms with E-state index in [0.29, 0.717) is 12.1 Å². The van der Waals surface area contributed by atoms with Gasteiger partial charge in [-0.1, -0.05) is 0 Å². The Morgan fingerprint density at radius 1 is 1.00 bits per heavy atom. The van der Waals surface area contributed by atoms with Crippen LogP contribution >= 0.6 is 11.6 Å². The second-order valence-corrected chi connectivity index (χ2v) is 4.24. The predicted octanol–water partition coefficient (Wildman–Crippen LogP) is 4.40. The van der Waals surface area contributed by atoms with E-state index in [0.717, 1.165) is 0 Å². The van der Waals surface area contributed by atoms with E-state index >= 15 is 0 Å². The van der Waals surface area contributed by atoms with Crippen LogP contribution in [0, 0.1) is 11.3 Å². The summed E-state index contributed by atoms with van der Waals surface area (Å²) in [5, 5.41) is 7.24. The topological polar surface area (TPSA) is 23.8 Å². The van der Waals surface area contributed by atoms with E-state index in [2.05, 4.69) is 0 Å². The van der Waals surface area contributed by atoms with Gasteiger partial charge in [0.2, 0.25) is 0 Å². The van der Waals surface area contributed by atoms with Crippen molar-refractivity contribution in [2.75, 3.05) is 0 Å². The highest BCUT2D eigenvalue weighted by Crippen LogP contribution is 2.36. The van der Waals surface area contributed by atoms with Crippen LogP contribution in [0.5, 0.6) is 0 Å². The zero-order chi connectivity index (χ0) is 14.8. The molecule has 0 aliphatic rings. The molecule has 0 aliphatic carbocycles. The van der Waals surface area contributed by atoms with E-state index in [1.165, 1.54) is 6.07 Å². The fraction of sp³-hybridized carbons (Fsp3) is 0.364. The zero-order valence-corrected chi connectivity index (χ0v) is 9.87. The van der Waals surface area contributed by atoms with Gasteiger partial charge in [-0.05, 0) is 23.8 Å². The van der Waals surface area contributed by atoms with Crippen LogP contribution in [-0.4, -0.2) is 5.38 Å². The van der Waals surface area contributed by atoms with Gasteiger partial charge in [-0.25, -0.2) is 0 Å². The van der Waals surface area contributed by atoms with Gasteiger partial charge in [-0.3, -0.25) is 0 Å². The van der Waals surface area contributed by atoms with Crippen LogP contribution in [0.15, 0.2) is 18.2 Å². The highest BCUT2D eigenvalue weighted by molar-refractivity contribution is 6.22. The van der Waals surface area contributed by atoms with Crippen LogP contribution in [-0.2, 0) is 18.8 Å². The fourth-order valence-electron chi connectivity index (χ4n) is 1.39. The summed E-state index contributed by atoms with van der Waals surface area (Å²) in [7, 11) is 0. The number of nitrogens with zero attached hydrogens (tertiary/aromatic N) is 1. The van der Waals surface area contributed by atoms with E-state index in [-0.39, 0.29) is 11.6 Å². The van der Waals surface area contributed by atoms with Crippen LogP contribution in [0.1, 0.15) is 16.7 Å². The molecule has 0 saturated heterocycles. The Labute approximate surface area is 109 Å². The number of hydrogen-bond acceptors (Lipinski definition) is 1. The number of rotatable bonds is 2. The fourth-order valence-corrected chi connectivity index (χ4v) is 1.57. The lowest BCUT2D eigenvalue weighted by Gasteiger charge is -2.14. The summed E-state index contributed by atoms with van der Waals surface area (Å²) in [6.07, 6.45) is -10.2. The second-order valence-electron chi connectivity index (χ2n) is 3.71. The third kappa shape index (κ3) is 4.31. The largest absolute Gasteiger partial charge is 0.416 e. The summed E-state index contributed by atoms with van der Waals surface area (Å²) >= 11 is 5.41. The Kier molecular flexibility index (Phi) is 4.35. The van der Waals surface area contributed by atoms with Gasteiger partial charge in [0, 0.05) is 6.42 Å². The van der Waals surface area contributed by atoms with Gasteiger partial charge >= 0.3 is 12.4 Å². The minimum Gasteiger partial charge on any atom is -0.197 e. The molecule has 0 unspecified atom stereocenters. The molecule has 0 saturated carbocycles. The van der Waals surface area contributed by atoms with Crippen molar-refractivity contribution < 1.29 is 26.3 Å².